The maximum absolute atomic E-state index is 5.61. The Kier molecular flexibility index (Phi) is 10.9. The second-order valence-corrected chi connectivity index (χ2v) is 4.09. The highest BCUT2D eigenvalue weighted by Crippen LogP contribution is 2.13. The van der Waals surface area contributed by atoms with E-state index in [1.165, 1.54) is 0 Å². The summed E-state index contributed by atoms with van der Waals surface area (Å²) >= 11 is 0. The zero-order valence-corrected chi connectivity index (χ0v) is 14.5. The molecular weight excluding hydrogens is 365 g/mol. The van der Waals surface area contributed by atoms with Crippen LogP contribution in [0.1, 0.15) is 18.9 Å². The Balaban J connectivity index is 0.00000361. The van der Waals surface area contributed by atoms with E-state index in [1.54, 1.807) is 13.1 Å². The van der Waals surface area contributed by atoms with Gasteiger partial charge in [-0.3, -0.25) is 4.99 Å². The third kappa shape index (κ3) is 7.37. The lowest BCUT2D eigenvalue weighted by molar-refractivity contribution is 0.317. The van der Waals surface area contributed by atoms with Crippen molar-refractivity contribution < 1.29 is 4.74 Å². The van der Waals surface area contributed by atoms with Gasteiger partial charge in [0.2, 0.25) is 0 Å². The summed E-state index contributed by atoms with van der Waals surface area (Å²) in [5.41, 5.74) is 1.16. The molecule has 1 rings (SSSR count). The lowest BCUT2D eigenvalue weighted by Gasteiger charge is -2.11. The van der Waals surface area contributed by atoms with Crippen LogP contribution in [0.5, 0.6) is 5.75 Å². The van der Waals surface area contributed by atoms with E-state index in [4.69, 9.17) is 4.74 Å². The monoisotopic (exact) mass is 389 g/mol. The summed E-state index contributed by atoms with van der Waals surface area (Å²) in [4.78, 5) is 4.13. The van der Waals surface area contributed by atoms with Gasteiger partial charge < -0.3 is 15.4 Å². The van der Waals surface area contributed by atoms with Crippen molar-refractivity contribution in [3.05, 3.63) is 42.5 Å². The van der Waals surface area contributed by atoms with Crippen LogP contribution in [0.4, 0.5) is 0 Å². The van der Waals surface area contributed by atoms with Gasteiger partial charge in [0.15, 0.2) is 5.96 Å². The van der Waals surface area contributed by atoms with Crippen LogP contribution >= 0.6 is 24.0 Å². The molecular formula is C15H24IN3O. The number of hydrogen-bond donors (Lipinski definition) is 2. The molecule has 1 aromatic rings. The van der Waals surface area contributed by atoms with Gasteiger partial charge in [-0.25, -0.2) is 0 Å². The fourth-order valence-corrected chi connectivity index (χ4v) is 1.54. The van der Waals surface area contributed by atoms with Gasteiger partial charge in [0, 0.05) is 20.1 Å². The van der Waals surface area contributed by atoms with Crippen molar-refractivity contribution in [2.75, 3.05) is 20.2 Å². The SMILES string of the molecule is C=CCNC(=NC)NCc1cccc(OCCC)c1.I. The Hall–Kier alpha value is -1.24. The zero-order valence-electron chi connectivity index (χ0n) is 12.2. The Morgan fingerprint density at radius 1 is 1.40 bits per heavy atom. The van der Waals surface area contributed by atoms with Crippen molar-refractivity contribution >= 4 is 29.9 Å². The fourth-order valence-electron chi connectivity index (χ4n) is 1.54. The zero-order chi connectivity index (χ0) is 13.9. The number of aliphatic imine (C=N–C) groups is 1. The summed E-state index contributed by atoms with van der Waals surface area (Å²) in [6, 6.07) is 8.09. The van der Waals surface area contributed by atoms with Gasteiger partial charge in [-0.05, 0) is 24.1 Å². The van der Waals surface area contributed by atoms with Crippen LogP contribution in [0.3, 0.4) is 0 Å². The smallest absolute Gasteiger partial charge is 0.191 e. The van der Waals surface area contributed by atoms with Crippen LogP contribution in [0.2, 0.25) is 0 Å². The fraction of sp³-hybridized carbons (Fsp3) is 0.400. The molecule has 0 aromatic heterocycles. The van der Waals surface area contributed by atoms with E-state index in [9.17, 15) is 0 Å². The van der Waals surface area contributed by atoms with Crippen LogP contribution in [-0.2, 0) is 6.54 Å². The van der Waals surface area contributed by atoms with Gasteiger partial charge in [-0.1, -0.05) is 25.1 Å². The molecule has 5 heteroatoms. The predicted octanol–water partition coefficient (Wildman–Crippen LogP) is 2.94. The van der Waals surface area contributed by atoms with Crippen molar-refractivity contribution in [3.8, 4) is 5.75 Å². The second kappa shape index (κ2) is 11.6. The maximum atomic E-state index is 5.61. The minimum Gasteiger partial charge on any atom is -0.494 e. The lowest BCUT2D eigenvalue weighted by atomic mass is 10.2. The minimum atomic E-state index is 0. The highest BCUT2D eigenvalue weighted by atomic mass is 127. The Labute approximate surface area is 138 Å². The molecule has 0 radical (unpaired) electrons. The van der Waals surface area contributed by atoms with Crippen LogP contribution in [0.15, 0.2) is 41.9 Å². The number of nitrogens with one attached hydrogen (secondary N) is 2. The quantitative estimate of drug-likeness (QED) is 0.326. The average Bonchev–Trinajstić information content (AvgIpc) is 2.46. The van der Waals surface area contributed by atoms with E-state index in [1.807, 2.05) is 18.2 Å². The summed E-state index contributed by atoms with van der Waals surface area (Å²) in [6.07, 6.45) is 2.81. The number of hydrogen-bond acceptors (Lipinski definition) is 2. The molecule has 0 amide bonds. The third-order valence-corrected chi connectivity index (χ3v) is 2.47. The van der Waals surface area contributed by atoms with Gasteiger partial charge in [0.1, 0.15) is 5.75 Å². The van der Waals surface area contributed by atoms with Crippen LogP contribution in [0.25, 0.3) is 0 Å². The molecule has 0 aliphatic rings. The standard InChI is InChI=1S/C15H23N3O.HI/c1-4-9-17-15(16-3)18-12-13-7-6-8-14(11-13)19-10-5-2;/h4,6-8,11H,1,5,9-10,12H2,2-3H3,(H2,16,17,18);1H. The summed E-state index contributed by atoms with van der Waals surface area (Å²) in [5.74, 6) is 1.68. The molecule has 0 saturated carbocycles. The van der Waals surface area contributed by atoms with Crippen LogP contribution in [0, 0.1) is 0 Å². The van der Waals surface area contributed by atoms with E-state index in [-0.39, 0.29) is 24.0 Å². The second-order valence-electron chi connectivity index (χ2n) is 4.09. The van der Waals surface area contributed by atoms with Crippen molar-refractivity contribution in [3.63, 3.8) is 0 Å². The molecule has 20 heavy (non-hydrogen) atoms. The number of nitrogens with zero attached hydrogens (tertiary/aromatic N) is 1. The number of benzene rings is 1. The topological polar surface area (TPSA) is 45.7 Å². The van der Waals surface area contributed by atoms with E-state index in [0.29, 0.717) is 13.1 Å². The third-order valence-electron chi connectivity index (χ3n) is 2.47. The molecule has 0 unspecified atom stereocenters. The van der Waals surface area contributed by atoms with Gasteiger partial charge in [-0.15, -0.1) is 30.6 Å². The van der Waals surface area contributed by atoms with E-state index < -0.39 is 0 Å². The number of rotatable bonds is 7. The van der Waals surface area contributed by atoms with E-state index in [0.717, 1.165) is 30.3 Å². The molecule has 0 bridgehead atoms. The minimum absolute atomic E-state index is 0. The summed E-state index contributed by atoms with van der Waals surface area (Å²) in [6.45, 7) is 7.91. The maximum Gasteiger partial charge on any atom is 0.191 e. The molecule has 4 nitrogen and oxygen atoms in total. The number of ether oxygens (including phenoxy) is 1. The Morgan fingerprint density at radius 3 is 2.85 bits per heavy atom. The van der Waals surface area contributed by atoms with Crippen molar-refractivity contribution in [2.45, 2.75) is 19.9 Å². The Morgan fingerprint density at radius 2 is 2.20 bits per heavy atom. The first-order valence-corrected chi connectivity index (χ1v) is 6.57. The van der Waals surface area contributed by atoms with Crippen LogP contribution in [-0.4, -0.2) is 26.2 Å². The summed E-state index contributed by atoms with van der Waals surface area (Å²) < 4.78 is 5.61. The number of halogens is 1. The van der Waals surface area contributed by atoms with Gasteiger partial charge in [0.25, 0.3) is 0 Å². The van der Waals surface area contributed by atoms with Crippen molar-refractivity contribution in [1.29, 1.82) is 0 Å². The normalized spacial score (nSPS) is 10.4. The molecule has 0 saturated heterocycles. The first-order chi connectivity index (χ1) is 9.30. The molecule has 0 aliphatic heterocycles. The van der Waals surface area contributed by atoms with Crippen molar-refractivity contribution in [1.82, 2.24) is 10.6 Å². The lowest BCUT2D eigenvalue weighted by Crippen LogP contribution is -2.36. The largest absolute Gasteiger partial charge is 0.494 e. The molecule has 0 fully saturated rings. The molecule has 0 aliphatic carbocycles. The predicted molar refractivity (Wildman–Crippen MR) is 96.0 cm³/mol. The Bertz CT molecular complexity index is 421. The summed E-state index contributed by atoms with van der Waals surface area (Å²) in [5, 5.41) is 6.37. The van der Waals surface area contributed by atoms with Gasteiger partial charge in [0.05, 0.1) is 6.61 Å². The number of guanidine groups is 1. The molecule has 0 atom stereocenters. The first kappa shape index (κ1) is 18.8. The van der Waals surface area contributed by atoms with E-state index in [2.05, 4.69) is 35.2 Å². The highest BCUT2D eigenvalue weighted by molar-refractivity contribution is 14.0. The molecule has 0 heterocycles. The molecule has 0 spiro atoms. The van der Waals surface area contributed by atoms with Crippen molar-refractivity contribution in [2.24, 2.45) is 4.99 Å². The average molecular weight is 389 g/mol. The summed E-state index contributed by atoms with van der Waals surface area (Å²) in [7, 11) is 1.75. The van der Waals surface area contributed by atoms with Gasteiger partial charge in [-0.2, -0.15) is 0 Å². The first-order valence-electron chi connectivity index (χ1n) is 6.57. The van der Waals surface area contributed by atoms with E-state index >= 15 is 0 Å². The molecule has 112 valence electrons. The molecule has 1 aromatic carbocycles. The highest BCUT2D eigenvalue weighted by Gasteiger charge is 1.99. The molecule has 2 N–H and O–H groups in total. The van der Waals surface area contributed by atoms with Crippen LogP contribution < -0.4 is 15.4 Å². The van der Waals surface area contributed by atoms with Gasteiger partial charge >= 0.3 is 0 Å².